The Morgan fingerprint density at radius 3 is 2.63 bits per heavy atom. The fourth-order valence-electron chi connectivity index (χ4n) is 1.89. The van der Waals surface area contributed by atoms with Crippen LogP contribution < -0.4 is 10.5 Å². The number of halogens is 1. The summed E-state index contributed by atoms with van der Waals surface area (Å²) in [5.41, 5.74) is 0.267. The average molecular weight is 351 g/mol. The van der Waals surface area contributed by atoms with Gasteiger partial charge in [-0.15, -0.1) is 0 Å². The van der Waals surface area contributed by atoms with E-state index in [2.05, 4.69) is 35.1 Å². The molecule has 1 heterocycles. The molecular weight excluding hydrogens is 336 g/mol. The second kappa shape index (κ2) is 4.60. The van der Waals surface area contributed by atoms with Gasteiger partial charge in [-0.05, 0) is 33.7 Å². The van der Waals surface area contributed by atoms with Crippen LogP contribution in [-0.4, -0.2) is 20.9 Å². The maximum Gasteiger partial charge on any atom is 0.287 e. The van der Waals surface area contributed by atoms with Crippen molar-refractivity contribution in [2.75, 3.05) is 6.54 Å². The van der Waals surface area contributed by atoms with Crippen LogP contribution in [0.2, 0.25) is 0 Å². The van der Waals surface area contributed by atoms with Crippen molar-refractivity contribution in [1.29, 1.82) is 0 Å². The number of carbonyl (C=O) groups is 1. The lowest BCUT2D eigenvalue weighted by atomic mass is 10.1. The number of carbonyl (C=O) groups excluding carboxylic acids is 1. The van der Waals surface area contributed by atoms with Crippen LogP contribution in [-0.2, 0) is 10.0 Å². The van der Waals surface area contributed by atoms with Gasteiger partial charge in [-0.1, -0.05) is 13.8 Å². The highest BCUT2D eigenvalue weighted by atomic mass is 79.9. The standard InChI is InChI=1S/C11H15BrN2O4S/c1-11(2)4-6(11)5-14-10(15)7-3-8(9(12)18-7)19(13,16)17/h3,6H,4-5H2,1-2H3,(H,14,15)(H2,13,16,17). The van der Waals surface area contributed by atoms with Gasteiger partial charge in [0.25, 0.3) is 5.91 Å². The number of sulfonamides is 1. The number of rotatable bonds is 4. The average Bonchev–Trinajstić information content (AvgIpc) is 2.69. The molecule has 0 spiro atoms. The lowest BCUT2D eigenvalue weighted by molar-refractivity contribution is 0.0921. The first-order valence-corrected chi connectivity index (χ1v) is 8.05. The Hall–Kier alpha value is -0.860. The predicted molar refractivity (Wildman–Crippen MR) is 72.0 cm³/mol. The minimum Gasteiger partial charge on any atom is -0.443 e. The number of nitrogens with two attached hydrogens (primary N) is 1. The van der Waals surface area contributed by atoms with Crippen LogP contribution in [0.25, 0.3) is 0 Å². The molecule has 1 aromatic rings. The molecule has 1 aromatic heterocycles. The SMILES string of the molecule is CC1(C)CC1CNC(=O)c1cc(S(N)(=O)=O)c(Br)o1. The van der Waals surface area contributed by atoms with E-state index in [0.29, 0.717) is 12.5 Å². The van der Waals surface area contributed by atoms with Crippen molar-refractivity contribution in [2.24, 2.45) is 16.5 Å². The third-order valence-corrected chi connectivity index (χ3v) is 5.18. The Balaban J connectivity index is 2.04. The highest BCUT2D eigenvalue weighted by Gasteiger charge is 2.45. The van der Waals surface area contributed by atoms with Crippen molar-refractivity contribution in [2.45, 2.75) is 25.2 Å². The highest BCUT2D eigenvalue weighted by Crippen LogP contribution is 2.51. The second-order valence-electron chi connectivity index (χ2n) is 5.39. The fraction of sp³-hybridized carbons (Fsp3) is 0.545. The zero-order valence-corrected chi connectivity index (χ0v) is 13.0. The van der Waals surface area contributed by atoms with Crippen molar-refractivity contribution >= 4 is 31.9 Å². The molecule has 8 heteroatoms. The molecule has 0 bridgehead atoms. The number of hydrogen-bond acceptors (Lipinski definition) is 4. The minimum atomic E-state index is -3.90. The van der Waals surface area contributed by atoms with Crippen LogP contribution >= 0.6 is 15.9 Å². The Morgan fingerprint density at radius 1 is 1.63 bits per heavy atom. The van der Waals surface area contributed by atoms with Gasteiger partial charge in [0.2, 0.25) is 10.0 Å². The third kappa shape index (κ3) is 3.18. The molecule has 106 valence electrons. The summed E-state index contributed by atoms with van der Waals surface area (Å²) in [6.07, 6.45) is 1.07. The number of hydrogen-bond donors (Lipinski definition) is 2. The summed E-state index contributed by atoms with van der Waals surface area (Å²) in [5.74, 6) is -0.0692. The van der Waals surface area contributed by atoms with Crippen LogP contribution in [0.15, 0.2) is 20.0 Å². The largest absolute Gasteiger partial charge is 0.443 e. The quantitative estimate of drug-likeness (QED) is 0.857. The van der Waals surface area contributed by atoms with Crippen LogP contribution in [0.3, 0.4) is 0 Å². The van der Waals surface area contributed by atoms with Gasteiger partial charge in [0, 0.05) is 12.6 Å². The van der Waals surface area contributed by atoms with E-state index in [4.69, 9.17) is 9.56 Å². The smallest absolute Gasteiger partial charge is 0.287 e. The fourth-order valence-corrected chi connectivity index (χ4v) is 3.39. The molecule has 19 heavy (non-hydrogen) atoms. The topological polar surface area (TPSA) is 102 Å². The van der Waals surface area contributed by atoms with E-state index in [1.165, 1.54) is 0 Å². The van der Waals surface area contributed by atoms with Crippen molar-refractivity contribution in [3.63, 3.8) is 0 Å². The van der Waals surface area contributed by atoms with Crippen LogP contribution in [0.5, 0.6) is 0 Å². The predicted octanol–water partition coefficient (Wildman–Crippen LogP) is 1.47. The summed E-state index contributed by atoms with van der Waals surface area (Å²) in [6.45, 7) is 4.81. The van der Waals surface area contributed by atoms with Crippen LogP contribution in [0, 0.1) is 11.3 Å². The molecule has 6 nitrogen and oxygen atoms in total. The van der Waals surface area contributed by atoms with E-state index in [9.17, 15) is 13.2 Å². The normalized spacial score (nSPS) is 21.2. The van der Waals surface area contributed by atoms with Gasteiger partial charge in [-0.25, -0.2) is 13.6 Å². The molecule has 1 saturated carbocycles. The van der Waals surface area contributed by atoms with E-state index in [1.54, 1.807) is 0 Å². The summed E-state index contributed by atoms with van der Waals surface area (Å²) >= 11 is 2.93. The lowest BCUT2D eigenvalue weighted by Gasteiger charge is -2.04. The van der Waals surface area contributed by atoms with Gasteiger partial charge < -0.3 is 9.73 Å². The molecular formula is C11H15BrN2O4S. The molecule has 2 rings (SSSR count). The summed E-state index contributed by atoms with van der Waals surface area (Å²) in [7, 11) is -3.90. The summed E-state index contributed by atoms with van der Waals surface area (Å²) in [5, 5.41) is 7.71. The number of furan rings is 1. The molecule has 3 N–H and O–H groups in total. The van der Waals surface area contributed by atoms with E-state index in [1.807, 2.05) is 0 Å². The summed E-state index contributed by atoms with van der Waals surface area (Å²) in [4.78, 5) is 11.6. The van der Waals surface area contributed by atoms with Crippen molar-refractivity contribution in [3.8, 4) is 0 Å². The highest BCUT2D eigenvalue weighted by molar-refractivity contribution is 9.10. The Bertz CT molecular complexity index is 621. The number of nitrogens with one attached hydrogen (secondary N) is 1. The second-order valence-corrected chi connectivity index (χ2v) is 7.64. The Morgan fingerprint density at radius 2 is 2.21 bits per heavy atom. The van der Waals surface area contributed by atoms with Crippen molar-refractivity contribution in [3.05, 3.63) is 16.5 Å². The molecule has 0 aliphatic heterocycles. The van der Waals surface area contributed by atoms with Gasteiger partial charge in [0.05, 0.1) is 0 Å². The lowest BCUT2D eigenvalue weighted by Crippen LogP contribution is -2.26. The van der Waals surface area contributed by atoms with Gasteiger partial charge in [0.1, 0.15) is 4.90 Å². The van der Waals surface area contributed by atoms with Crippen LogP contribution in [0.4, 0.5) is 0 Å². The number of primary sulfonamides is 1. The van der Waals surface area contributed by atoms with Crippen molar-refractivity contribution < 1.29 is 17.6 Å². The molecule has 1 fully saturated rings. The molecule has 0 saturated heterocycles. The first-order valence-electron chi connectivity index (χ1n) is 5.71. The zero-order chi connectivity index (χ0) is 14.4. The molecule has 1 aliphatic carbocycles. The Labute approximate surface area is 119 Å². The molecule has 0 aromatic carbocycles. The maximum absolute atomic E-state index is 11.8. The van der Waals surface area contributed by atoms with Crippen LogP contribution in [0.1, 0.15) is 30.8 Å². The summed E-state index contributed by atoms with van der Waals surface area (Å²) in [6, 6.07) is 1.12. The minimum absolute atomic E-state index is 0.0631. The monoisotopic (exact) mass is 350 g/mol. The maximum atomic E-state index is 11.8. The summed E-state index contributed by atoms with van der Waals surface area (Å²) < 4.78 is 27.4. The van der Waals surface area contributed by atoms with Gasteiger partial charge in [0.15, 0.2) is 10.4 Å². The molecule has 1 aliphatic rings. The molecule has 1 atom stereocenters. The van der Waals surface area contributed by atoms with E-state index < -0.39 is 15.9 Å². The molecule has 1 amide bonds. The number of amides is 1. The van der Waals surface area contributed by atoms with Gasteiger partial charge >= 0.3 is 0 Å². The first kappa shape index (κ1) is 14.5. The zero-order valence-electron chi connectivity index (χ0n) is 10.6. The van der Waals surface area contributed by atoms with Gasteiger partial charge in [-0.3, -0.25) is 4.79 Å². The van der Waals surface area contributed by atoms with Crippen molar-refractivity contribution in [1.82, 2.24) is 5.32 Å². The molecule has 1 unspecified atom stereocenters. The Kier molecular flexibility index (Phi) is 3.53. The molecule has 0 radical (unpaired) electrons. The van der Waals surface area contributed by atoms with Gasteiger partial charge in [-0.2, -0.15) is 0 Å². The third-order valence-electron chi connectivity index (χ3n) is 3.41. The van der Waals surface area contributed by atoms with E-state index >= 15 is 0 Å². The van der Waals surface area contributed by atoms with E-state index in [0.717, 1.165) is 12.5 Å². The van der Waals surface area contributed by atoms with E-state index in [-0.39, 0.29) is 20.7 Å². The first-order chi connectivity index (χ1) is 8.61.